The molecule has 0 radical (unpaired) electrons. The Morgan fingerprint density at radius 2 is 1.88 bits per heavy atom. The topological polar surface area (TPSA) is 170 Å². The lowest BCUT2D eigenvalue weighted by atomic mass is 10.1. The number of amides is 2. The van der Waals surface area contributed by atoms with E-state index in [4.69, 9.17) is 19.0 Å². The van der Waals surface area contributed by atoms with Crippen molar-refractivity contribution in [2.75, 3.05) is 46.0 Å². The summed E-state index contributed by atoms with van der Waals surface area (Å²) in [5.74, 6) is -1.78. The molecule has 3 heterocycles. The van der Waals surface area contributed by atoms with E-state index in [9.17, 15) is 24.3 Å². The van der Waals surface area contributed by atoms with Gasteiger partial charge in [0, 0.05) is 37.6 Å². The van der Waals surface area contributed by atoms with Crippen LogP contribution in [0.5, 0.6) is 5.88 Å². The molecule has 2 fully saturated rings. The molecule has 14 nitrogen and oxygen atoms in total. The van der Waals surface area contributed by atoms with Gasteiger partial charge >= 0.3 is 12.1 Å². The number of carbonyl (C=O) groups excluding carboxylic acids is 3. The van der Waals surface area contributed by atoms with Crippen LogP contribution in [0.4, 0.5) is 4.79 Å². The molecule has 4 rings (SSSR count). The third-order valence-corrected chi connectivity index (χ3v) is 6.41. The Morgan fingerprint density at radius 3 is 2.54 bits per heavy atom. The number of nitrogens with one attached hydrogen (secondary N) is 1. The van der Waals surface area contributed by atoms with Crippen LogP contribution in [-0.2, 0) is 23.9 Å². The highest BCUT2D eigenvalue weighted by molar-refractivity contribution is 5.96. The fourth-order valence-corrected chi connectivity index (χ4v) is 4.32. The van der Waals surface area contributed by atoms with Gasteiger partial charge in [0.25, 0.3) is 5.91 Å². The lowest BCUT2D eigenvalue weighted by Crippen LogP contribution is -2.55. The number of rotatable bonds is 11. The van der Waals surface area contributed by atoms with Gasteiger partial charge in [-0.3, -0.25) is 14.4 Å². The van der Waals surface area contributed by atoms with Crippen LogP contribution in [-0.4, -0.2) is 107 Å². The summed E-state index contributed by atoms with van der Waals surface area (Å²) in [6.07, 6.45) is -0.838. The van der Waals surface area contributed by atoms with E-state index in [1.54, 1.807) is 19.1 Å². The molecule has 2 aliphatic rings. The summed E-state index contributed by atoms with van der Waals surface area (Å²) < 4.78 is 16.1. The van der Waals surface area contributed by atoms with E-state index in [2.05, 4.69) is 15.3 Å². The molecule has 0 bridgehead atoms. The minimum atomic E-state index is -1.13. The number of carbonyl (C=O) groups is 4. The Labute approximate surface area is 236 Å². The molecule has 2 atom stereocenters. The van der Waals surface area contributed by atoms with Crippen molar-refractivity contribution in [2.45, 2.75) is 38.3 Å². The van der Waals surface area contributed by atoms with Crippen LogP contribution < -0.4 is 10.1 Å². The van der Waals surface area contributed by atoms with E-state index in [0.717, 1.165) is 0 Å². The van der Waals surface area contributed by atoms with Gasteiger partial charge in [-0.05, 0) is 13.3 Å². The number of hydrogen-bond acceptors (Lipinski definition) is 11. The summed E-state index contributed by atoms with van der Waals surface area (Å²) in [5.41, 5.74) is 0.629. The molecule has 220 valence electrons. The smallest absolute Gasteiger partial charge is 0.481 e. The van der Waals surface area contributed by atoms with Crippen molar-refractivity contribution < 1.29 is 43.3 Å². The van der Waals surface area contributed by atoms with Crippen LogP contribution in [0.25, 0.3) is 11.4 Å². The van der Waals surface area contributed by atoms with Gasteiger partial charge in [0.2, 0.25) is 11.8 Å². The van der Waals surface area contributed by atoms with Crippen molar-refractivity contribution in [3.05, 3.63) is 42.1 Å². The molecule has 2 aromatic rings. The number of ether oxygens (including phenoxy) is 3. The number of piperazine rings is 1. The molecule has 0 aliphatic carbocycles. The normalized spacial score (nSPS) is 17.9. The van der Waals surface area contributed by atoms with Crippen LogP contribution >= 0.6 is 0 Å². The molecule has 41 heavy (non-hydrogen) atoms. The fourth-order valence-electron chi connectivity index (χ4n) is 4.32. The number of carboxylic acids is 1. The van der Waals surface area contributed by atoms with Crippen molar-refractivity contribution >= 4 is 23.9 Å². The van der Waals surface area contributed by atoms with Crippen LogP contribution in [0.2, 0.25) is 0 Å². The molecular weight excluding hydrogens is 538 g/mol. The summed E-state index contributed by atoms with van der Waals surface area (Å²) in [7, 11) is 0. The second-order valence-electron chi connectivity index (χ2n) is 9.37. The highest BCUT2D eigenvalue weighted by Gasteiger charge is 2.31. The van der Waals surface area contributed by atoms with Crippen LogP contribution in [0.15, 0.2) is 36.4 Å². The largest absolute Gasteiger partial charge is 0.527 e. The first kappa shape index (κ1) is 29.7. The average Bonchev–Trinajstić information content (AvgIpc) is 3.48. The van der Waals surface area contributed by atoms with Gasteiger partial charge < -0.3 is 34.4 Å². The SMILES string of the molecule is CCOC(=O)ON1CCN(C(=O)C(CCC(=O)O)NC(=O)c2cc(O[C@H]3CCOC3)nc(-c3ccccc3)n2)CC1. The van der Waals surface area contributed by atoms with E-state index in [1.165, 1.54) is 16.0 Å². The number of aliphatic carboxylic acids is 1. The third kappa shape index (κ3) is 8.59. The Hall–Kier alpha value is -4.30. The van der Waals surface area contributed by atoms with Gasteiger partial charge in [0.15, 0.2) is 5.82 Å². The molecule has 14 heteroatoms. The maximum Gasteiger partial charge on any atom is 0.527 e. The molecule has 2 saturated heterocycles. The van der Waals surface area contributed by atoms with E-state index in [-0.39, 0.29) is 69.1 Å². The van der Waals surface area contributed by atoms with Crippen molar-refractivity contribution in [2.24, 2.45) is 0 Å². The molecule has 2 N–H and O–H groups in total. The van der Waals surface area contributed by atoms with Gasteiger partial charge in [0.1, 0.15) is 17.8 Å². The number of nitrogens with zero attached hydrogens (tertiary/aromatic N) is 4. The van der Waals surface area contributed by atoms with Crippen molar-refractivity contribution in [1.82, 2.24) is 25.2 Å². The second-order valence-corrected chi connectivity index (χ2v) is 9.37. The molecule has 0 spiro atoms. The predicted octanol–water partition coefficient (Wildman–Crippen LogP) is 1.51. The third-order valence-electron chi connectivity index (χ3n) is 6.41. The van der Waals surface area contributed by atoms with Crippen molar-refractivity contribution in [1.29, 1.82) is 0 Å². The number of aromatic nitrogens is 2. The highest BCUT2D eigenvalue weighted by atomic mass is 16.8. The monoisotopic (exact) mass is 571 g/mol. The maximum absolute atomic E-state index is 13.4. The number of hydroxylamine groups is 2. The summed E-state index contributed by atoms with van der Waals surface area (Å²) in [6.45, 7) is 3.64. The molecular formula is C27H33N5O9. The van der Waals surface area contributed by atoms with Crippen LogP contribution in [0.1, 0.15) is 36.7 Å². The summed E-state index contributed by atoms with van der Waals surface area (Å²) in [5, 5.41) is 13.3. The summed E-state index contributed by atoms with van der Waals surface area (Å²) in [6, 6.07) is 9.33. The van der Waals surface area contributed by atoms with E-state index >= 15 is 0 Å². The van der Waals surface area contributed by atoms with Gasteiger partial charge in [0.05, 0.1) is 32.9 Å². The van der Waals surface area contributed by atoms with Gasteiger partial charge in [-0.15, -0.1) is 5.06 Å². The first-order valence-corrected chi connectivity index (χ1v) is 13.4. The molecule has 1 aromatic carbocycles. The van der Waals surface area contributed by atoms with Gasteiger partial charge in [-0.2, -0.15) is 4.98 Å². The Balaban J connectivity index is 1.49. The quantitative estimate of drug-likeness (QED) is 0.373. The predicted molar refractivity (Wildman–Crippen MR) is 142 cm³/mol. The van der Waals surface area contributed by atoms with Gasteiger partial charge in [-0.1, -0.05) is 30.3 Å². The average molecular weight is 572 g/mol. The minimum Gasteiger partial charge on any atom is -0.481 e. The zero-order chi connectivity index (χ0) is 29.2. The van der Waals surface area contributed by atoms with Gasteiger partial charge in [-0.25, -0.2) is 9.78 Å². The fraction of sp³-hybridized carbons (Fsp3) is 0.481. The molecule has 2 aliphatic heterocycles. The van der Waals surface area contributed by atoms with E-state index < -0.39 is 30.0 Å². The summed E-state index contributed by atoms with van der Waals surface area (Å²) >= 11 is 0. The van der Waals surface area contributed by atoms with Crippen LogP contribution in [0.3, 0.4) is 0 Å². The zero-order valence-electron chi connectivity index (χ0n) is 22.7. The van der Waals surface area contributed by atoms with E-state index in [1.807, 2.05) is 18.2 Å². The van der Waals surface area contributed by atoms with Crippen molar-refractivity contribution in [3.63, 3.8) is 0 Å². The standard InChI is InChI=1S/C27H33N5O9/c1-2-39-27(37)41-32-13-11-31(12-14-32)26(36)20(8-9-23(33)34)29-25(35)21-16-22(40-19-10-15-38-17-19)30-24(28-21)18-6-4-3-5-7-18/h3-7,16,19-20H,2,8-15,17H2,1H3,(H,29,35)(H,33,34)/t19-,20?/m0/s1. The number of benzene rings is 1. The number of carboxylic acid groups (broad SMARTS) is 1. The Kier molecular flexibility index (Phi) is 10.4. The zero-order valence-corrected chi connectivity index (χ0v) is 22.7. The highest BCUT2D eigenvalue weighted by Crippen LogP contribution is 2.22. The Morgan fingerprint density at radius 1 is 1.12 bits per heavy atom. The van der Waals surface area contributed by atoms with E-state index in [0.29, 0.717) is 25.2 Å². The lowest BCUT2D eigenvalue weighted by molar-refractivity contribution is -0.157. The number of hydrogen-bond donors (Lipinski definition) is 2. The van der Waals surface area contributed by atoms with Crippen molar-refractivity contribution in [3.8, 4) is 17.3 Å². The maximum atomic E-state index is 13.4. The summed E-state index contributed by atoms with van der Waals surface area (Å²) in [4.78, 5) is 65.1. The molecule has 1 aromatic heterocycles. The molecule has 1 unspecified atom stereocenters. The lowest BCUT2D eigenvalue weighted by Gasteiger charge is -2.35. The molecule has 2 amide bonds. The Bertz CT molecular complexity index is 1210. The first-order valence-electron chi connectivity index (χ1n) is 13.4. The van der Waals surface area contributed by atoms with Crippen LogP contribution in [0, 0.1) is 0 Å². The second kappa shape index (κ2) is 14.4. The first-order chi connectivity index (χ1) is 19.8. The minimum absolute atomic E-state index is 0.0338. The molecule has 0 saturated carbocycles.